The molecule has 186 valence electrons. The molecule has 0 aliphatic heterocycles. The van der Waals surface area contributed by atoms with Crippen LogP contribution in [0, 0.1) is 13.8 Å². The van der Waals surface area contributed by atoms with Gasteiger partial charge in [0.1, 0.15) is 0 Å². The normalized spacial score (nSPS) is 12.9. The van der Waals surface area contributed by atoms with Gasteiger partial charge in [-0.1, -0.05) is 98.2 Å². The van der Waals surface area contributed by atoms with Crippen LogP contribution in [0.3, 0.4) is 0 Å². The topological polar surface area (TPSA) is 74.6 Å². The highest BCUT2D eigenvalue weighted by molar-refractivity contribution is 5.66. The summed E-state index contributed by atoms with van der Waals surface area (Å²) < 4.78 is 0. The molecule has 0 fully saturated rings. The first-order valence-electron chi connectivity index (χ1n) is 12.9. The zero-order valence-electron chi connectivity index (χ0n) is 21.0. The minimum Gasteiger partial charge on any atom is -0.481 e. The highest BCUT2D eigenvalue weighted by Gasteiger charge is 2.24. The highest BCUT2D eigenvalue weighted by atomic mass is 16.4. The maximum Gasteiger partial charge on any atom is 0.303 e. The first-order chi connectivity index (χ1) is 16.4. The number of carboxylic acids is 2. The number of hydrogen-bond acceptors (Lipinski definition) is 2. The second-order valence-corrected chi connectivity index (χ2v) is 9.73. The van der Waals surface area contributed by atoms with Crippen LogP contribution < -0.4 is 0 Å². The zero-order chi connectivity index (χ0) is 24.8. The van der Waals surface area contributed by atoms with Gasteiger partial charge in [0, 0.05) is 12.8 Å². The number of rotatable bonds is 17. The van der Waals surface area contributed by atoms with E-state index in [-0.39, 0.29) is 12.8 Å². The number of aliphatic carboxylic acids is 2. The number of unbranched alkanes of at least 4 members (excludes halogenated alkanes) is 6. The zero-order valence-corrected chi connectivity index (χ0v) is 21.0. The standard InChI is InChI=1S/C30H42O4/c1-23-15-19-25(20-16-23)27(11-7-3-5-9-13-29(31)32)28(26-21-17-24(2)18-22-26)12-8-4-6-10-14-30(33)34/h15-22,27-28H,3-14H2,1-2H3,(H,31,32)(H,33,34). The molecule has 0 spiro atoms. The highest BCUT2D eigenvalue weighted by Crippen LogP contribution is 2.41. The minimum absolute atomic E-state index is 0.259. The molecule has 0 radical (unpaired) electrons. The molecule has 0 aromatic heterocycles. The van der Waals surface area contributed by atoms with Gasteiger partial charge in [-0.3, -0.25) is 9.59 Å². The summed E-state index contributed by atoms with van der Waals surface area (Å²) in [5.41, 5.74) is 5.29. The van der Waals surface area contributed by atoms with Gasteiger partial charge in [0.2, 0.25) is 0 Å². The van der Waals surface area contributed by atoms with Crippen LogP contribution >= 0.6 is 0 Å². The molecule has 34 heavy (non-hydrogen) atoms. The maximum atomic E-state index is 10.8. The number of hydrogen-bond donors (Lipinski definition) is 2. The van der Waals surface area contributed by atoms with E-state index < -0.39 is 11.9 Å². The molecule has 0 amide bonds. The summed E-state index contributed by atoms with van der Waals surface area (Å²) in [6, 6.07) is 17.9. The molecule has 2 rings (SSSR count). The molecule has 2 unspecified atom stereocenters. The Bertz CT molecular complexity index is 781. The van der Waals surface area contributed by atoms with E-state index in [9.17, 15) is 9.59 Å². The van der Waals surface area contributed by atoms with E-state index in [4.69, 9.17) is 10.2 Å². The van der Waals surface area contributed by atoms with E-state index in [0.717, 1.165) is 64.2 Å². The average Bonchev–Trinajstić information content (AvgIpc) is 2.80. The third-order valence-corrected chi connectivity index (χ3v) is 6.81. The van der Waals surface area contributed by atoms with Crippen molar-refractivity contribution in [2.45, 2.75) is 103 Å². The van der Waals surface area contributed by atoms with E-state index in [2.05, 4.69) is 62.4 Å². The molecule has 0 aliphatic carbocycles. The van der Waals surface area contributed by atoms with Gasteiger partial charge in [-0.2, -0.15) is 0 Å². The molecule has 2 aromatic carbocycles. The first-order valence-corrected chi connectivity index (χ1v) is 12.9. The second kappa shape index (κ2) is 15.3. The largest absolute Gasteiger partial charge is 0.481 e. The summed E-state index contributed by atoms with van der Waals surface area (Å²) >= 11 is 0. The summed E-state index contributed by atoms with van der Waals surface area (Å²) in [6.45, 7) is 4.24. The lowest BCUT2D eigenvalue weighted by molar-refractivity contribution is -0.138. The molecular weight excluding hydrogens is 424 g/mol. The quantitative estimate of drug-likeness (QED) is 0.231. The average molecular weight is 467 g/mol. The van der Waals surface area contributed by atoms with Crippen LogP contribution in [-0.4, -0.2) is 22.2 Å². The summed E-state index contributed by atoms with van der Waals surface area (Å²) in [5.74, 6) is -0.579. The first kappa shape index (κ1) is 27.6. The van der Waals surface area contributed by atoms with Gasteiger partial charge in [0.25, 0.3) is 0 Å². The van der Waals surface area contributed by atoms with Crippen molar-refractivity contribution in [3.8, 4) is 0 Å². The van der Waals surface area contributed by atoms with Crippen molar-refractivity contribution in [3.63, 3.8) is 0 Å². The Morgan fingerprint density at radius 3 is 1.21 bits per heavy atom. The van der Waals surface area contributed by atoms with Crippen LogP contribution in [0.4, 0.5) is 0 Å². The third-order valence-electron chi connectivity index (χ3n) is 6.81. The molecule has 0 aliphatic rings. The van der Waals surface area contributed by atoms with Crippen molar-refractivity contribution < 1.29 is 19.8 Å². The van der Waals surface area contributed by atoms with Gasteiger partial charge in [-0.05, 0) is 62.5 Å². The van der Waals surface area contributed by atoms with Crippen LogP contribution in [0.5, 0.6) is 0 Å². The Hall–Kier alpha value is -2.62. The monoisotopic (exact) mass is 466 g/mol. The van der Waals surface area contributed by atoms with Crippen molar-refractivity contribution in [2.75, 3.05) is 0 Å². The molecule has 2 N–H and O–H groups in total. The Kier molecular flexibility index (Phi) is 12.4. The van der Waals surface area contributed by atoms with Crippen molar-refractivity contribution in [3.05, 3.63) is 70.8 Å². The van der Waals surface area contributed by atoms with Gasteiger partial charge in [0.05, 0.1) is 0 Å². The van der Waals surface area contributed by atoms with Crippen LogP contribution in [-0.2, 0) is 9.59 Å². The van der Waals surface area contributed by atoms with Gasteiger partial charge in [-0.15, -0.1) is 0 Å². The second-order valence-electron chi connectivity index (χ2n) is 9.73. The lowest BCUT2D eigenvalue weighted by atomic mass is 9.75. The van der Waals surface area contributed by atoms with Gasteiger partial charge >= 0.3 is 11.9 Å². The fourth-order valence-corrected chi connectivity index (χ4v) is 4.82. The SMILES string of the molecule is Cc1ccc(C(CCCCCCC(=O)O)C(CCCCCCC(=O)O)c2ccc(C)cc2)cc1. The van der Waals surface area contributed by atoms with Crippen LogP contribution in [0.15, 0.2) is 48.5 Å². The van der Waals surface area contributed by atoms with Gasteiger partial charge in [-0.25, -0.2) is 0 Å². The Balaban J connectivity index is 2.12. The number of carbonyl (C=O) groups is 2. The smallest absolute Gasteiger partial charge is 0.303 e. The van der Waals surface area contributed by atoms with E-state index in [1.54, 1.807) is 0 Å². The van der Waals surface area contributed by atoms with Gasteiger partial charge < -0.3 is 10.2 Å². The molecule has 0 saturated carbocycles. The predicted octanol–water partition coefficient (Wildman–Crippen LogP) is 8.02. The van der Waals surface area contributed by atoms with E-state index in [1.807, 2.05) is 0 Å². The van der Waals surface area contributed by atoms with Crippen molar-refractivity contribution >= 4 is 11.9 Å². The van der Waals surface area contributed by atoms with E-state index in [0.29, 0.717) is 11.8 Å². The van der Waals surface area contributed by atoms with E-state index >= 15 is 0 Å². The summed E-state index contributed by atoms with van der Waals surface area (Å²) in [6.07, 6.45) is 10.4. The summed E-state index contributed by atoms with van der Waals surface area (Å²) in [5, 5.41) is 17.8. The van der Waals surface area contributed by atoms with Crippen molar-refractivity contribution in [2.24, 2.45) is 0 Å². The van der Waals surface area contributed by atoms with Crippen LogP contribution in [0.1, 0.15) is 111 Å². The number of aryl methyl sites for hydroxylation is 2. The molecule has 2 aromatic rings. The van der Waals surface area contributed by atoms with Crippen molar-refractivity contribution in [1.82, 2.24) is 0 Å². The molecule has 4 nitrogen and oxygen atoms in total. The van der Waals surface area contributed by atoms with Gasteiger partial charge in [0.15, 0.2) is 0 Å². The molecular formula is C30H42O4. The molecule has 4 heteroatoms. The fraction of sp³-hybridized carbons (Fsp3) is 0.533. The molecule has 0 heterocycles. The third kappa shape index (κ3) is 10.5. The fourth-order valence-electron chi connectivity index (χ4n) is 4.82. The minimum atomic E-state index is -0.708. The molecule has 2 atom stereocenters. The summed E-state index contributed by atoms with van der Waals surface area (Å²) in [4.78, 5) is 21.6. The van der Waals surface area contributed by atoms with Crippen molar-refractivity contribution in [1.29, 1.82) is 0 Å². The Morgan fingerprint density at radius 2 is 0.882 bits per heavy atom. The lowest BCUT2D eigenvalue weighted by Crippen LogP contribution is -2.13. The Morgan fingerprint density at radius 1 is 0.559 bits per heavy atom. The van der Waals surface area contributed by atoms with E-state index in [1.165, 1.54) is 22.3 Å². The predicted molar refractivity (Wildman–Crippen MR) is 139 cm³/mol. The Labute approximate surface area is 205 Å². The summed E-state index contributed by atoms with van der Waals surface area (Å²) in [7, 11) is 0. The molecule has 0 bridgehead atoms. The maximum absolute atomic E-state index is 10.8. The number of benzene rings is 2. The molecule has 0 saturated heterocycles. The van der Waals surface area contributed by atoms with Crippen LogP contribution in [0.2, 0.25) is 0 Å². The van der Waals surface area contributed by atoms with Crippen LogP contribution in [0.25, 0.3) is 0 Å². The number of carboxylic acid groups (broad SMARTS) is 2. The lowest BCUT2D eigenvalue weighted by Gasteiger charge is -2.29.